The summed E-state index contributed by atoms with van der Waals surface area (Å²) in [6.45, 7) is 4.02. The minimum atomic E-state index is -0.510. The first kappa shape index (κ1) is 8.96. The highest BCUT2D eigenvalue weighted by molar-refractivity contribution is 5.19. The molecule has 0 aliphatic heterocycles. The van der Waals surface area contributed by atoms with Crippen LogP contribution in [0, 0.1) is 0 Å². The number of aliphatic hydroxyl groups is 1. The van der Waals surface area contributed by atoms with Crippen molar-refractivity contribution in [2.45, 2.75) is 12.5 Å². The smallest absolute Gasteiger partial charge is 0.0832 e. The second kappa shape index (κ2) is 4.04. The van der Waals surface area contributed by atoms with E-state index in [1.165, 1.54) is 0 Å². The van der Waals surface area contributed by atoms with Gasteiger partial charge in [-0.05, 0) is 13.0 Å². The molecule has 0 aliphatic carbocycles. The number of nitrogens with two attached hydrogens (primary N) is 1. The molecule has 0 saturated heterocycles. The lowest BCUT2D eigenvalue weighted by molar-refractivity contribution is 0.170. The Balaban J connectivity index is 2.67. The molecule has 0 radical (unpaired) electrons. The number of hydrogen-bond acceptors (Lipinski definition) is 3. The molecule has 66 valence electrons. The molecule has 4 heteroatoms. The first-order valence-corrected chi connectivity index (χ1v) is 3.82. The summed E-state index contributed by atoms with van der Waals surface area (Å²) in [6, 6.07) is 0. The number of aromatic nitrogens is 2. The van der Waals surface area contributed by atoms with Crippen LogP contribution in [0.5, 0.6) is 0 Å². The molecule has 0 saturated carbocycles. The Morgan fingerprint density at radius 2 is 2.58 bits per heavy atom. The highest BCUT2D eigenvalue weighted by Gasteiger charge is 2.07. The minimum absolute atomic E-state index is 0.473. The third-order valence-corrected chi connectivity index (χ3v) is 1.63. The van der Waals surface area contributed by atoms with Gasteiger partial charge in [-0.3, -0.25) is 0 Å². The fraction of sp³-hybridized carbons (Fsp3) is 0.375. The average molecular weight is 167 g/mol. The van der Waals surface area contributed by atoms with Crippen LogP contribution in [0.2, 0.25) is 0 Å². The van der Waals surface area contributed by atoms with Crippen LogP contribution in [0.1, 0.15) is 18.1 Å². The molecule has 0 amide bonds. The Bertz CT molecular complexity index is 257. The zero-order valence-electron chi connectivity index (χ0n) is 6.85. The quantitative estimate of drug-likeness (QED) is 0.680. The van der Waals surface area contributed by atoms with Crippen LogP contribution >= 0.6 is 0 Å². The molecule has 1 rings (SSSR count). The molecule has 1 aromatic rings. The lowest BCUT2D eigenvalue weighted by Gasteiger charge is -2.04. The summed E-state index contributed by atoms with van der Waals surface area (Å²) < 4.78 is 1.55. The highest BCUT2D eigenvalue weighted by Crippen LogP contribution is 2.14. The van der Waals surface area contributed by atoms with Gasteiger partial charge in [-0.2, -0.15) is 5.10 Å². The van der Waals surface area contributed by atoms with E-state index in [0.717, 1.165) is 5.56 Å². The van der Waals surface area contributed by atoms with Crippen molar-refractivity contribution in [2.24, 2.45) is 5.73 Å². The molecule has 0 fully saturated rings. The van der Waals surface area contributed by atoms with Gasteiger partial charge in [-0.25, -0.2) is 4.68 Å². The summed E-state index contributed by atoms with van der Waals surface area (Å²) in [7, 11) is 0. The van der Waals surface area contributed by atoms with Crippen LogP contribution in [0.3, 0.4) is 0 Å². The largest absolute Gasteiger partial charge is 0.388 e. The van der Waals surface area contributed by atoms with Crippen molar-refractivity contribution in [1.82, 2.24) is 9.78 Å². The predicted octanol–water partition coefficient (Wildman–Crippen LogP) is 0.366. The molecule has 3 N–H and O–H groups in total. The second-order valence-corrected chi connectivity index (χ2v) is 2.53. The van der Waals surface area contributed by atoms with E-state index in [1.807, 2.05) is 0 Å². The third kappa shape index (κ3) is 1.93. The zero-order chi connectivity index (χ0) is 8.97. The van der Waals surface area contributed by atoms with Gasteiger partial charge in [0.2, 0.25) is 0 Å². The first-order valence-electron chi connectivity index (χ1n) is 3.82. The van der Waals surface area contributed by atoms with E-state index < -0.39 is 6.10 Å². The molecule has 12 heavy (non-hydrogen) atoms. The standard InChI is InChI=1S/C8H13N3O/c1-2-11-6-7(5-10-11)8(12)3-4-9/h2,5-6,8,12H,1,3-4,9H2/t8-/m1/s1. The molecule has 0 bridgehead atoms. The summed E-state index contributed by atoms with van der Waals surface area (Å²) in [5.74, 6) is 0. The molecule has 1 aromatic heterocycles. The van der Waals surface area contributed by atoms with Gasteiger partial charge in [0.15, 0.2) is 0 Å². The van der Waals surface area contributed by atoms with Gasteiger partial charge in [0.25, 0.3) is 0 Å². The van der Waals surface area contributed by atoms with E-state index in [0.29, 0.717) is 13.0 Å². The maximum absolute atomic E-state index is 9.46. The number of hydrogen-bond donors (Lipinski definition) is 2. The molecule has 0 unspecified atom stereocenters. The van der Waals surface area contributed by atoms with Crippen molar-refractivity contribution in [3.05, 3.63) is 24.5 Å². The predicted molar refractivity (Wildman–Crippen MR) is 47.2 cm³/mol. The normalized spacial score (nSPS) is 12.8. The number of aliphatic hydroxyl groups excluding tert-OH is 1. The van der Waals surface area contributed by atoms with Crippen LogP contribution < -0.4 is 5.73 Å². The second-order valence-electron chi connectivity index (χ2n) is 2.53. The third-order valence-electron chi connectivity index (χ3n) is 1.63. The maximum atomic E-state index is 9.46. The molecule has 1 heterocycles. The summed E-state index contributed by atoms with van der Waals surface area (Å²) >= 11 is 0. The van der Waals surface area contributed by atoms with Crippen LogP contribution in [0.4, 0.5) is 0 Å². The monoisotopic (exact) mass is 167 g/mol. The van der Waals surface area contributed by atoms with Crippen LogP contribution in [0.15, 0.2) is 19.0 Å². The van der Waals surface area contributed by atoms with Gasteiger partial charge in [0, 0.05) is 18.0 Å². The molecule has 0 aromatic carbocycles. The first-order chi connectivity index (χ1) is 5.77. The molecule has 1 atom stereocenters. The Hall–Kier alpha value is -1.13. The van der Waals surface area contributed by atoms with Crippen LogP contribution in [-0.2, 0) is 0 Å². The van der Waals surface area contributed by atoms with E-state index in [1.54, 1.807) is 23.3 Å². The molecule has 0 aliphatic rings. The fourth-order valence-corrected chi connectivity index (χ4v) is 0.949. The Morgan fingerprint density at radius 1 is 1.83 bits per heavy atom. The summed E-state index contributed by atoms with van der Waals surface area (Å²) in [6.07, 6.45) is 4.96. The topological polar surface area (TPSA) is 64.1 Å². The summed E-state index contributed by atoms with van der Waals surface area (Å²) in [5.41, 5.74) is 6.08. The van der Waals surface area contributed by atoms with Crippen molar-refractivity contribution in [2.75, 3.05) is 6.54 Å². The van der Waals surface area contributed by atoms with Gasteiger partial charge >= 0.3 is 0 Å². The lowest BCUT2D eigenvalue weighted by Crippen LogP contribution is -2.05. The van der Waals surface area contributed by atoms with E-state index in [4.69, 9.17) is 5.73 Å². The van der Waals surface area contributed by atoms with E-state index in [9.17, 15) is 5.11 Å². The fourth-order valence-electron chi connectivity index (χ4n) is 0.949. The Labute approximate surface area is 71.3 Å². The van der Waals surface area contributed by atoms with Crippen molar-refractivity contribution < 1.29 is 5.11 Å². The number of rotatable bonds is 4. The van der Waals surface area contributed by atoms with E-state index in [-0.39, 0.29) is 0 Å². The number of nitrogens with zero attached hydrogens (tertiary/aromatic N) is 2. The van der Waals surface area contributed by atoms with Gasteiger partial charge in [-0.1, -0.05) is 6.58 Å². The van der Waals surface area contributed by atoms with Crippen molar-refractivity contribution in [3.8, 4) is 0 Å². The molecular weight excluding hydrogens is 154 g/mol. The lowest BCUT2D eigenvalue weighted by atomic mass is 10.1. The summed E-state index contributed by atoms with van der Waals surface area (Å²) in [5, 5.41) is 13.4. The van der Waals surface area contributed by atoms with Crippen LogP contribution in [0.25, 0.3) is 6.20 Å². The molecule has 4 nitrogen and oxygen atoms in total. The van der Waals surface area contributed by atoms with Gasteiger partial charge in [0.05, 0.1) is 12.3 Å². The van der Waals surface area contributed by atoms with Crippen molar-refractivity contribution >= 4 is 6.20 Å². The van der Waals surface area contributed by atoms with Gasteiger partial charge < -0.3 is 10.8 Å². The van der Waals surface area contributed by atoms with Gasteiger partial charge in [0.1, 0.15) is 0 Å². The summed E-state index contributed by atoms with van der Waals surface area (Å²) in [4.78, 5) is 0. The highest BCUT2D eigenvalue weighted by atomic mass is 16.3. The molecule has 0 spiro atoms. The maximum Gasteiger partial charge on any atom is 0.0832 e. The average Bonchev–Trinajstić information content (AvgIpc) is 2.52. The van der Waals surface area contributed by atoms with E-state index >= 15 is 0 Å². The van der Waals surface area contributed by atoms with Gasteiger partial charge in [-0.15, -0.1) is 0 Å². The van der Waals surface area contributed by atoms with Crippen molar-refractivity contribution in [1.29, 1.82) is 0 Å². The molecular formula is C8H13N3O. The minimum Gasteiger partial charge on any atom is -0.388 e. The van der Waals surface area contributed by atoms with Crippen molar-refractivity contribution in [3.63, 3.8) is 0 Å². The zero-order valence-corrected chi connectivity index (χ0v) is 6.85. The van der Waals surface area contributed by atoms with E-state index in [2.05, 4.69) is 11.7 Å². The Morgan fingerprint density at radius 3 is 3.08 bits per heavy atom. The Kier molecular flexibility index (Phi) is 3.01. The van der Waals surface area contributed by atoms with Crippen LogP contribution in [-0.4, -0.2) is 21.4 Å². The SMILES string of the molecule is C=Cn1cc([C@H](O)CCN)cn1.